The minimum Gasteiger partial charge on any atom is -0.342 e. The molecule has 6 rings (SSSR count). The van der Waals surface area contributed by atoms with Crippen LogP contribution in [0.4, 0.5) is 14.9 Å². The van der Waals surface area contributed by atoms with Crippen LogP contribution in [0.1, 0.15) is 11.1 Å². The van der Waals surface area contributed by atoms with Gasteiger partial charge in [0.2, 0.25) is 0 Å². The van der Waals surface area contributed by atoms with Gasteiger partial charge in [-0.2, -0.15) is 0 Å². The SMILES string of the molecule is O=C1NC(=O)N(c2cccc(F)c2)C(=O)/C1=C/c1cn(Cc2ccc3ccccc3c2)c2ccccc12. The maximum atomic E-state index is 13.8. The highest BCUT2D eigenvalue weighted by Crippen LogP contribution is 2.28. The number of amides is 4. The van der Waals surface area contributed by atoms with Gasteiger partial charge in [0.05, 0.1) is 5.69 Å². The molecule has 7 heteroatoms. The van der Waals surface area contributed by atoms with E-state index in [4.69, 9.17) is 0 Å². The average Bonchev–Trinajstić information content (AvgIpc) is 3.23. The van der Waals surface area contributed by atoms with Crippen LogP contribution in [-0.2, 0) is 16.1 Å². The van der Waals surface area contributed by atoms with Crippen LogP contribution in [0.15, 0.2) is 103 Å². The number of barbiturate groups is 1. The molecule has 0 bridgehead atoms. The fraction of sp³-hybridized carbons (Fsp3) is 0.0333. The topological polar surface area (TPSA) is 71.4 Å². The lowest BCUT2D eigenvalue weighted by molar-refractivity contribution is -0.122. The number of carbonyl (C=O) groups excluding carboxylic acids is 3. The van der Waals surface area contributed by atoms with E-state index in [9.17, 15) is 18.8 Å². The first-order valence-corrected chi connectivity index (χ1v) is 11.7. The molecule has 5 aromatic rings. The number of benzene rings is 4. The molecule has 1 aromatic heterocycles. The lowest BCUT2D eigenvalue weighted by Crippen LogP contribution is -2.54. The van der Waals surface area contributed by atoms with Crippen molar-refractivity contribution in [1.82, 2.24) is 9.88 Å². The summed E-state index contributed by atoms with van der Waals surface area (Å²) in [5.74, 6) is -2.21. The number of nitrogens with one attached hydrogen (secondary N) is 1. The van der Waals surface area contributed by atoms with E-state index in [1.165, 1.54) is 24.3 Å². The summed E-state index contributed by atoms with van der Waals surface area (Å²) >= 11 is 0. The molecule has 4 amide bonds. The first-order valence-electron chi connectivity index (χ1n) is 11.7. The molecule has 0 saturated carbocycles. The molecule has 1 saturated heterocycles. The van der Waals surface area contributed by atoms with Crippen LogP contribution in [0.25, 0.3) is 27.8 Å². The van der Waals surface area contributed by atoms with Crippen molar-refractivity contribution in [2.45, 2.75) is 6.54 Å². The lowest BCUT2D eigenvalue weighted by atomic mass is 10.1. The first-order chi connectivity index (χ1) is 18.0. The van der Waals surface area contributed by atoms with Gasteiger partial charge in [0, 0.05) is 29.2 Å². The minimum absolute atomic E-state index is 0.0413. The molecule has 0 radical (unpaired) electrons. The van der Waals surface area contributed by atoms with E-state index in [2.05, 4.69) is 40.2 Å². The Balaban J connectivity index is 1.40. The Kier molecular flexibility index (Phi) is 5.38. The summed E-state index contributed by atoms with van der Waals surface area (Å²) in [6, 6.07) is 26.4. The van der Waals surface area contributed by atoms with Crippen LogP contribution < -0.4 is 10.2 Å². The van der Waals surface area contributed by atoms with Gasteiger partial charge in [-0.1, -0.05) is 60.7 Å². The largest absolute Gasteiger partial charge is 0.342 e. The number of imide groups is 2. The van der Waals surface area contributed by atoms with Gasteiger partial charge < -0.3 is 4.57 Å². The van der Waals surface area contributed by atoms with Gasteiger partial charge in [0.15, 0.2) is 0 Å². The molecule has 2 heterocycles. The average molecular weight is 490 g/mol. The summed E-state index contributed by atoms with van der Waals surface area (Å²) in [5, 5.41) is 5.35. The highest BCUT2D eigenvalue weighted by molar-refractivity contribution is 6.39. The van der Waals surface area contributed by atoms with Crippen LogP contribution in [-0.4, -0.2) is 22.4 Å². The number of aromatic nitrogens is 1. The van der Waals surface area contributed by atoms with Crippen molar-refractivity contribution in [3.05, 3.63) is 120 Å². The van der Waals surface area contributed by atoms with E-state index < -0.39 is 23.7 Å². The number of para-hydroxylation sites is 1. The highest BCUT2D eigenvalue weighted by atomic mass is 19.1. The van der Waals surface area contributed by atoms with Crippen LogP contribution in [0, 0.1) is 5.82 Å². The van der Waals surface area contributed by atoms with Crippen molar-refractivity contribution in [2.75, 3.05) is 4.90 Å². The third-order valence-corrected chi connectivity index (χ3v) is 6.45. The monoisotopic (exact) mass is 489 g/mol. The van der Waals surface area contributed by atoms with Gasteiger partial charge in [0.25, 0.3) is 11.8 Å². The zero-order chi connectivity index (χ0) is 25.5. The molecule has 180 valence electrons. The van der Waals surface area contributed by atoms with Crippen molar-refractivity contribution in [2.24, 2.45) is 0 Å². The van der Waals surface area contributed by atoms with Crippen molar-refractivity contribution >= 4 is 51.3 Å². The fourth-order valence-corrected chi connectivity index (χ4v) is 4.72. The number of anilines is 1. The van der Waals surface area contributed by atoms with E-state index in [0.29, 0.717) is 12.1 Å². The fourth-order valence-electron chi connectivity index (χ4n) is 4.72. The number of nitrogens with zero attached hydrogens (tertiary/aromatic N) is 2. The molecule has 1 aliphatic rings. The van der Waals surface area contributed by atoms with E-state index in [1.54, 1.807) is 0 Å². The molecule has 1 N–H and O–H groups in total. The predicted molar refractivity (Wildman–Crippen MR) is 140 cm³/mol. The van der Waals surface area contributed by atoms with E-state index in [-0.39, 0.29) is 11.3 Å². The van der Waals surface area contributed by atoms with E-state index in [1.807, 2.05) is 42.6 Å². The van der Waals surface area contributed by atoms with Crippen molar-refractivity contribution in [3.63, 3.8) is 0 Å². The molecule has 4 aromatic carbocycles. The quantitative estimate of drug-likeness (QED) is 0.262. The Hall–Kier alpha value is -5.04. The van der Waals surface area contributed by atoms with E-state index >= 15 is 0 Å². The van der Waals surface area contributed by atoms with Crippen molar-refractivity contribution < 1.29 is 18.8 Å². The molecule has 0 spiro atoms. The molecule has 37 heavy (non-hydrogen) atoms. The van der Waals surface area contributed by atoms with Crippen LogP contribution in [0.3, 0.4) is 0 Å². The third kappa shape index (κ3) is 4.06. The summed E-state index contributed by atoms with van der Waals surface area (Å²) in [7, 11) is 0. The molecule has 0 unspecified atom stereocenters. The van der Waals surface area contributed by atoms with Gasteiger partial charge >= 0.3 is 6.03 Å². The summed E-state index contributed by atoms with van der Waals surface area (Å²) in [6.45, 7) is 0.586. The normalized spacial score (nSPS) is 15.1. The van der Waals surface area contributed by atoms with E-state index in [0.717, 1.165) is 38.2 Å². The smallest absolute Gasteiger partial charge is 0.335 e. The Morgan fingerprint density at radius 2 is 1.59 bits per heavy atom. The van der Waals surface area contributed by atoms with Crippen molar-refractivity contribution in [1.29, 1.82) is 0 Å². The summed E-state index contributed by atoms with van der Waals surface area (Å²) in [5.41, 5.74) is 2.53. The number of hydrogen-bond donors (Lipinski definition) is 1. The van der Waals surface area contributed by atoms with Crippen molar-refractivity contribution in [3.8, 4) is 0 Å². The number of carbonyl (C=O) groups is 3. The second-order valence-electron chi connectivity index (χ2n) is 8.85. The van der Waals surface area contributed by atoms with Gasteiger partial charge in [-0.25, -0.2) is 14.1 Å². The summed E-state index contributed by atoms with van der Waals surface area (Å²) in [4.78, 5) is 39.2. The molecular weight excluding hydrogens is 469 g/mol. The molecule has 6 nitrogen and oxygen atoms in total. The zero-order valence-electron chi connectivity index (χ0n) is 19.5. The Morgan fingerprint density at radius 3 is 2.43 bits per heavy atom. The van der Waals surface area contributed by atoms with Gasteiger partial charge in [-0.3, -0.25) is 14.9 Å². The highest BCUT2D eigenvalue weighted by Gasteiger charge is 2.37. The molecule has 1 fully saturated rings. The molecule has 0 aliphatic carbocycles. The molecular formula is C30H20FN3O3. The number of urea groups is 1. The number of halogens is 1. The Morgan fingerprint density at radius 1 is 0.811 bits per heavy atom. The second-order valence-corrected chi connectivity index (χ2v) is 8.85. The predicted octanol–water partition coefficient (Wildman–Crippen LogP) is 5.65. The lowest BCUT2D eigenvalue weighted by Gasteiger charge is -2.26. The van der Waals surface area contributed by atoms with Crippen LogP contribution in [0.2, 0.25) is 0 Å². The Labute approximate surface area is 211 Å². The number of hydrogen-bond acceptors (Lipinski definition) is 3. The van der Waals surface area contributed by atoms with Gasteiger partial charge in [0.1, 0.15) is 11.4 Å². The summed E-state index contributed by atoms with van der Waals surface area (Å²) < 4.78 is 15.8. The second kappa shape index (κ2) is 8.87. The number of fused-ring (bicyclic) bond motifs is 2. The van der Waals surface area contributed by atoms with Gasteiger partial charge in [-0.05, 0) is 52.7 Å². The first kappa shape index (κ1) is 22.4. The Bertz CT molecular complexity index is 1770. The maximum Gasteiger partial charge on any atom is 0.335 e. The van der Waals surface area contributed by atoms with Crippen LogP contribution in [0.5, 0.6) is 0 Å². The van der Waals surface area contributed by atoms with Gasteiger partial charge in [-0.15, -0.1) is 0 Å². The zero-order valence-corrected chi connectivity index (χ0v) is 19.5. The molecule has 1 aliphatic heterocycles. The molecule has 0 atom stereocenters. The minimum atomic E-state index is -0.920. The standard InChI is InChI=1S/C30H20FN3O3/c31-23-8-5-9-24(16-23)34-29(36)26(28(35)32-30(34)37)15-22-18-33(27-11-4-3-10-25(22)27)17-19-12-13-20-6-1-2-7-21(20)14-19/h1-16,18H,17H2,(H,32,35,37)/b26-15+. The number of rotatable bonds is 4. The summed E-state index contributed by atoms with van der Waals surface area (Å²) in [6.07, 6.45) is 3.37. The third-order valence-electron chi connectivity index (χ3n) is 6.45. The van der Waals surface area contributed by atoms with Crippen LogP contribution >= 0.6 is 0 Å². The maximum absolute atomic E-state index is 13.8.